The number of halogens is 1. The zero-order chi connectivity index (χ0) is 18.9. The molecule has 0 spiro atoms. The lowest BCUT2D eigenvalue weighted by molar-refractivity contribution is -0.0678. The molecular formula is C20H24FN3O2. The number of benzene rings is 1. The van der Waals surface area contributed by atoms with Gasteiger partial charge in [0.2, 0.25) is 0 Å². The number of amidine groups is 1. The minimum Gasteiger partial charge on any atom is -0.351 e. The van der Waals surface area contributed by atoms with Gasteiger partial charge in [0.25, 0.3) is 5.91 Å². The van der Waals surface area contributed by atoms with E-state index in [-0.39, 0.29) is 17.9 Å². The zero-order valence-corrected chi connectivity index (χ0v) is 15.3. The number of alkyl halides is 1. The molecule has 1 saturated heterocycles. The summed E-state index contributed by atoms with van der Waals surface area (Å²) in [5.41, 5.74) is -0.999. The fraction of sp³-hybridized carbons (Fsp3) is 0.400. The van der Waals surface area contributed by atoms with Gasteiger partial charge in [0.05, 0.1) is 6.10 Å². The van der Waals surface area contributed by atoms with Crippen LogP contribution in [0.2, 0.25) is 0 Å². The number of carbonyl (C=O) groups is 1. The van der Waals surface area contributed by atoms with Crippen LogP contribution in [0.1, 0.15) is 37.6 Å². The monoisotopic (exact) mass is 357 g/mol. The van der Waals surface area contributed by atoms with Gasteiger partial charge in [0, 0.05) is 17.7 Å². The van der Waals surface area contributed by atoms with E-state index in [0.29, 0.717) is 17.2 Å². The van der Waals surface area contributed by atoms with Gasteiger partial charge >= 0.3 is 0 Å². The van der Waals surface area contributed by atoms with E-state index in [1.165, 1.54) is 0 Å². The molecule has 26 heavy (non-hydrogen) atoms. The molecule has 2 aliphatic rings. The van der Waals surface area contributed by atoms with Crippen molar-refractivity contribution in [3.63, 3.8) is 0 Å². The number of ether oxygens (including phenoxy) is 1. The summed E-state index contributed by atoms with van der Waals surface area (Å²) in [5, 5.41) is 2.73. The van der Waals surface area contributed by atoms with E-state index in [4.69, 9.17) is 4.74 Å². The summed E-state index contributed by atoms with van der Waals surface area (Å²) < 4.78 is 21.1. The number of rotatable bonds is 3. The highest BCUT2D eigenvalue weighted by Crippen LogP contribution is 2.43. The predicted molar refractivity (Wildman–Crippen MR) is 99.1 cm³/mol. The van der Waals surface area contributed by atoms with E-state index < -0.39 is 11.9 Å². The van der Waals surface area contributed by atoms with E-state index in [9.17, 15) is 4.79 Å². The molecular weight excluding hydrogens is 333 g/mol. The fourth-order valence-corrected chi connectivity index (χ4v) is 3.32. The predicted octanol–water partition coefficient (Wildman–Crippen LogP) is 3.61. The van der Waals surface area contributed by atoms with Gasteiger partial charge < -0.3 is 15.0 Å². The molecule has 4 atom stereocenters. The van der Waals surface area contributed by atoms with Crippen LogP contribution in [0.4, 0.5) is 4.39 Å². The molecule has 1 aromatic rings. The maximum Gasteiger partial charge on any atom is 0.256 e. The number of carbonyl (C=O) groups excluding carboxylic acids is 1. The molecule has 0 radical (unpaired) electrons. The summed E-state index contributed by atoms with van der Waals surface area (Å²) >= 11 is 0. The Bertz CT molecular complexity index is 758. The normalized spacial score (nSPS) is 31.1. The number of nitrogens with zero attached hydrogens (tertiary/aromatic N) is 2. The standard InChI is InChI=1S/C20H24FN3O2/c1-5-16-13(2)20(4,21)19(26-16)24-12-11-17(22-14(24)3)23-18(25)15-9-7-6-8-10-15/h6-13,16,19H,3,5H2,1-2,4H3,(H,22,23,25)/t13?,16-,19-,20+/m1/s1. The summed E-state index contributed by atoms with van der Waals surface area (Å²) in [6.45, 7) is 9.29. The van der Waals surface area contributed by atoms with Crippen molar-refractivity contribution in [3.8, 4) is 0 Å². The van der Waals surface area contributed by atoms with E-state index in [0.717, 1.165) is 6.42 Å². The smallest absolute Gasteiger partial charge is 0.256 e. The van der Waals surface area contributed by atoms with Gasteiger partial charge in [-0.15, -0.1) is 0 Å². The number of nitrogens with one attached hydrogen (secondary N) is 1. The molecule has 1 amide bonds. The average molecular weight is 357 g/mol. The Morgan fingerprint density at radius 1 is 1.42 bits per heavy atom. The lowest BCUT2D eigenvalue weighted by atomic mass is 9.88. The van der Waals surface area contributed by atoms with Crippen molar-refractivity contribution in [1.82, 2.24) is 10.2 Å². The second kappa shape index (κ2) is 7.03. The topological polar surface area (TPSA) is 53.9 Å². The first-order valence-corrected chi connectivity index (χ1v) is 8.79. The molecule has 0 aromatic heterocycles. The lowest BCUT2D eigenvalue weighted by Gasteiger charge is -2.35. The highest BCUT2D eigenvalue weighted by Gasteiger charge is 2.54. The molecule has 2 aliphatic heterocycles. The average Bonchev–Trinajstić information content (AvgIpc) is 2.85. The second-order valence-corrected chi connectivity index (χ2v) is 6.83. The molecule has 1 aromatic carbocycles. The van der Waals surface area contributed by atoms with Crippen molar-refractivity contribution in [2.24, 2.45) is 10.9 Å². The van der Waals surface area contributed by atoms with Crippen LogP contribution < -0.4 is 5.32 Å². The molecule has 1 N–H and O–H groups in total. The highest BCUT2D eigenvalue weighted by molar-refractivity contribution is 6.10. The van der Waals surface area contributed by atoms with Crippen molar-refractivity contribution in [2.75, 3.05) is 0 Å². The van der Waals surface area contributed by atoms with Crippen molar-refractivity contribution in [2.45, 2.75) is 45.2 Å². The van der Waals surface area contributed by atoms with Gasteiger partial charge in [-0.1, -0.05) is 38.6 Å². The summed E-state index contributed by atoms with van der Waals surface area (Å²) in [7, 11) is 0. The first kappa shape index (κ1) is 18.3. The molecule has 138 valence electrons. The van der Waals surface area contributed by atoms with Crippen LogP contribution in [-0.4, -0.2) is 34.6 Å². The van der Waals surface area contributed by atoms with Gasteiger partial charge in [-0.2, -0.15) is 0 Å². The third kappa shape index (κ3) is 3.29. The molecule has 3 rings (SSSR count). The molecule has 0 aliphatic carbocycles. The zero-order valence-electron chi connectivity index (χ0n) is 15.3. The Balaban J connectivity index is 1.72. The van der Waals surface area contributed by atoms with E-state index >= 15 is 4.39 Å². The number of hydrogen-bond acceptors (Lipinski definition) is 4. The lowest BCUT2D eigenvalue weighted by Crippen LogP contribution is -2.46. The Labute approximate surface area is 153 Å². The number of aliphatic imine (C=N–C) groups is 1. The maximum atomic E-state index is 15.2. The SMILES string of the molecule is C=C1N=C(NC(=O)c2ccccc2)C=CN1[C@@H]1O[C@H](CC)C(C)[C@]1(C)F. The molecule has 0 bridgehead atoms. The fourth-order valence-electron chi connectivity index (χ4n) is 3.32. The van der Waals surface area contributed by atoms with Crippen LogP contribution >= 0.6 is 0 Å². The van der Waals surface area contributed by atoms with Crippen molar-refractivity contribution < 1.29 is 13.9 Å². The summed E-state index contributed by atoms with van der Waals surface area (Å²) in [4.78, 5) is 18.1. The summed E-state index contributed by atoms with van der Waals surface area (Å²) in [6, 6.07) is 8.86. The van der Waals surface area contributed by atoms with Crippen molar-refractivity contribution >= 4 is 11.7 Å². The minimum absolute atomic E-state index is 0.153. The Hall–Kier alpha value is -2.47. The van der Waals surface area contributed by atoms with Gasteiger partial charge in [-0.25, -0.2) is 9.38 Å². The molecule has 5 nitrogen and oxygen atoms in total. The van der Waals surface area contributed by atoms with Crippen molar-refractivity contribution in [1.29, 1.82) is 0 Å². The third-order valence-electron chi connectivity index (χ3n) is 5.11. The van der Waals surface area contributed by atoms with Crippen LogP contribution in [0.15, 0.2) is 60.0 Å². The molecule has 1 unspecified atom stereocenters. The number of amides is 1. The minimum atomic E-state index is -1.53. The largest absolute Gasteiger partial charge is 0.351 e. The molecule has 0 saturated carbocycles. The van der Waals surface area contributed by atoms with Crippen LogP contribution in [0.3, 0.4) is 0 Å². The van der Waals surface area contributed by atoms with Crippen LogP contribution in [0.25, 0.3) is 0 Å². The Morgan fingerprint density at radius 3 is 2.69 bits per heavy atom. The second-order valence-electron chi connectivity index (χ2n) is 6.83. The molecule has 2 heterocycles. The Kier molecular flexibility index (Phi) is 4.96. The van der Waals surface area contributed by atoms with Crippen molar-refractivity contribution in [3.05, 3.63) is 60.6 Å². The van der Waals surface area contributed by atoms with Crippen LogP contribution in [0, 0.1) is 5.92 Å². The quantitative estimate of drug-likeness (QED) is 0.899. The van der Waals surface area contributed by atoms with Crippen LogP contribution in [-0.2, 0) is 4.74 Å². The first-order chi connectivity index (χ1) is 12.3. The summed E-state index contributed by atoms with van der Waals surface area (Å²) in [5.74, 6) is 0.191. The number of hydrogen-bond donors (Lipinski definition) is 1. The highest BCUT2D eigenvalue weighted by atomic mass is 19.1. The third-order valence-corrected chi connectivity index (χ3v) is 5.11. The van der Waals surface area contributed by atoms with Crippen LogP contribution in [0.5, 0.6) is 0 Å². The van der Waals surface area contributed by atoms with Gasteiger partial charge in [0.1, 0.15) is 11.7 Å². The Morgan fingerprint density at radius 2 is 2.12 bits per heavy atom. The molecule has 1 fully saturated rings. The summed E-state index contributed by atoms with van der Waals surface area (Å²) in [6.07, 6.45) is 3.07. The van der Waals surface area contributed by atoms with Gasteiger partial charge in [0.15, 0.2) is 11.9 Å². The molecule has 6 heteroatoms. The maximum absolute atomic E-state index is 15.2. The van der Waals surface area contributed by atoms with E-state index in [1.54, 1.807) is 48.4 Å². The van der Waals surface area contributed by atoms with Gasteiger partial charge in [-0.05, 0) is 31.6 Å². The first-order valence-electron chi connectivity index (χ1n) is 8.79. The van der Waals surface area contributed by atoms with E-state index in [2.05, 4.69) is 16.9 Å². The van der Waals surface area contributed by atoms with E-state index in [1.807, 2.05) is 19.9 Å². The van der Waals surface area contributed by atoms with Gasteiger partial charge in [-0.3, -0.25) is 4.79 Å².